The molecule has 0 bridgehead atoms. The van der Waals surface area contributed by atoms with Crippen LogP contribution < -0.4 is 5.73 Å². The fourth-order valence-electron chi connectivity index (χ4n) is 1.82. The molecular formula is C13H18F3N3O. The molecule has 1 unspecified atom stereocenters. The molecule has 4 nitrogen and oxygen atoms in total. The number of nitrogens with two attached hydrogens (primary N) is 1. The highest BCUT2D eigenvalue weighted by Crippen LogP contribution is 2.27. The summed E-state index contributed by atoms with van der Waals surface area (Å²) in [5, 5.41) is 10.9. The molecule has 0 saturated carbocycles. The highest BCUT2D eigenvalue weighted by atomic mass is 19.4. The molecule has 7 heteroatoms. The van der Waals surface area contributed by atoms with Crippen LogP contribution in [0.15, 0.2) is 29.4 Å². The summed E-state index contributed by atoms with van der Waals surface area (Å²) in [5.41, 5.74) is 7.10. The zero-order valence-corrected chi connectivity index (χ0v) is 11.4. The van der Waals surface area contributed by atoms with E-state index in [4.69, 9.17) is 10.9 Å². The lowest BCUT2D eigenvalue weighted by Crippen LogP contribution is -2.43. The predicted molar refractivity (Wildman–Crippen MR) is 70.5 cm³/mol. The predicted octanol–water partition coefficient (Wildman–Crippen LogP) is 2.35. The van der Waals surface area contributed by atoms with E-state index in [0.717, 1.165) is 11.1 Å². The second-order valence-electron chi connectivity index (χ2n) is 4.80. The molecule has 1 rings (SSSR count). The zero-order valence-electron chi connectivity index (χ0n) is 11.4. The number of amidine groups is 1. The smallest absolute Gasteiger partial charge is 0.400 e. The number of hydrogen-bond acceptors (Lipinski definition) is 3. The van der Waals surface area contributed by atoms with Crippen LogP contribution >= 0.6 is 0 Å². The van der Waals surface area contributed by atoms with Crippen molar-refractivity contribution in [2.75, 3.05) is 13.6 Å². The van der Waals surface area contributed by atoms with Gasteiger partial charge in [0.1, 0.15) is 5.92 Å². The van der Waals surface area contributed by atoms with Crippen LogP contribution in [0.4, 0.5) is 13.2 Å². The van der Waals surface area contributed by atoms with Crippen LogP contribution in [0.25, 0.3) is 0 Å². The molecule has 0 aliphatic rings. The lowest BCUT2D eigenvalue weighted by atomic mass is 10.1. The number of rotatable bonds is 5. The first-order valence-electron chi connectivity index (χ1n) is 6.02. The molecule has 0 aliphatic heterocycles. The summed E-state index contributed by atoms with van der Waals surface area (Å²) < 4.78 is 38.4. The van der Waals surface area contributed by atoms with Gasteiger partial charge >= 0.3 is 6.18 Å². The number of oxime groups is 1. The molecule has 0 spiro atoms. The lowest BCUT2D eigenvalue weighted by molar-refractivity contribution is -0.159. The summed E-state index contributed by atoms with van der Waals surface area (Å²) >= 11 is 0. The Morgan fingerprint density at radius 3 is 2.35 bits per heavy atom. The van der Waals surface area contributed by atoms with Gasteiger partial charge in [-0.25, -0.2) is 0 Å². The molecule has 0 amide bonds. The third-order valence-electron chi connectivity index (χ3n) is 2.93. The summed E-state index contributed by atoms with van der Waals surface area (Å²) in [6, 6.07) is 7.51. The van der Waals surface area contributed by atoms with E-state index in [1.165, 1.54) is 4.90 Å². The Labute approximate surface area is 115 Å². The molecular weight excluding hydrogens is 271 g/mol. The van der Waals surface area contributed by atoms with Crippen molar-refractivity contribution in [3.63, 3.8) is 0 Å². The van der Waals surface area contributed by atoms with Crippen molar-refractivity contribution < 1.29 is 18.4 Å². The molecule has 0 saturated heterocycles. The van der Waals surface area contributed by atoms with Crippen LogP contribution in [0, 0.1) is 12.8 Å². The van der Waals surface area contributed by atoms with Gasteiger partial charge in [0, 0.05) is 13.1 Å². The van der Waals surface area contributed by atoms with E-state index in [2.05, 4.69) is 5.16 Å². The van der Waals surface area contributed by atoms with Gasteiger partial charge in [-0.1, -0.05) is 35.0 Å². The maximum Gasteiger partial charge on any atom is 0.400 e. The third-order valence-corrected chi connectivity index (χ3v) is 2.93. The van der Waals surface area contributed by atoms with E-state index in [9.17, 15) is 13.2 Å². The van der Waals surface area contributed by atoms with Gasteiger partial charge in [-0.05, 0) is 19.5 Å². The molecule has 112 valence electrons. The molecule has 0 aliphatic carbocycles. The zero-order chi connectivity index (χ0) is 15.3. The Kier molecular flexibility index (Phi) is 5.38. The standard InChI is InChI=1S/C13H18F3N3O/c1-9-3-5-10(6-4-9)7-19(2)8-11(12(17)18-20)13(14,15)16/h3-6,11,20H,7-8H2,1-2H3,(H2,17,18). The summed E-state index contributed by atoms with van der Waals surface area (Å²) in [4.78, 5) is 1.49. The SMILES string of the molecule is Cc1ccc(CN(C)CC(/C(N)=N/O)C(F)(F)F)cc1. The monoisotopic (exact) mass is 289 g/mol. The lowest BCUT2D eigenvalue weighted by Gasteiger charge is -2.25. The van der Waals surface area contributed by atoms with Gasteiger partial charge in [0.15, 0.2) is 5.84 Å². The number of aryl methyl sites for hydroxylation is 1. The normalized spacial score (nSPS) is 14.6. The van der Waals surface area contributed by atoms with Crippen LogP contribution in [-0.2, 0) is 6.54 Å². The van der Waals surface area contributed by atoms with E-state index in [0.29, 0.717) is 6.54 Å². The summed E-state index contributed by atoms with van der Waals surface area (Å²) in [7, 11) is 1.56. The van der Waals surface area contributed by atoms with E-state index >= 15 is 0 Å². The molecule has 3 N–H and O–H groups in total. The average Bonchev–Trinajstić information content (AvgIpc) is 2.36. The first kappa shape index (κ1) is 16.3. The quantitative estimate of drug-likeness (QED) is 0.378. The van der Waals surface area contributed by atoms with Crippen LogP contribution in [-0.4, -0.2) is 35.7 Å². The van der Waals surface area contributed by atoms with Crippen LogP contribution in [0.5, 0.6) is 0 Å². The van der Waals surface area contributed by atoms with Crippen molar-refractivity contribution in [1.82, 2.24) is 4.90 Å². The van der Waals surface area contributed by atoms with Crippen molar-refractivity contribution in [2.45, 2.75) is 19.6 Å². The Balaban J connectivity index is 2.71. The van der Waals surface area contributed by atoms with Gasteiger partial charge in [0.05, 0.1) is 0 Å². The van der Waals surface area contributed by atoms with Gasteiger partial charge in [0.25, 0.3) is 0 Å². The molecule has 1 atom stereocenters. The summed E-state index contributed by atoms with van der Waals surface area (Å²) in [6.07, 6.45) is -4.54. The molecule has 0 aromatic heterocycles. The Morgan fingerprint density at radius 1 is 1.35 bits per heavy atom. The van der Waals surface area contributed by atoms with Gasteiger partial charge in [-0.15, -0.1) is 0 Å². The summed E-state index contributed by atoms with van der Waals surface area (Å²) in [6.45, 7) is 1.92. The molecule has 1 aromatic carbocycles. The summed E-state index contributed by atoms with van der Waals surface area (Å²) in [5.74, 6) is -2.81. The number of benzene rings is 1. The van der Waals surface area contributed by atoms with Crippen LogP contribution in [0.3, 0.4) is 0 Å². The van der Waals surface area contributed by atoms with Crippen molar-refractivity contribution in [2.24, 2.45) is 16.8 Å². The first-order chi connectivity index (χ1) is 9.24. The molecule has 0 fully saturated rings. The van der Waals surface area contributed by atoms with Gasteiger partial charge < -0.3 is 15.8 Å². The maximum atomic E-state index is 12.8. The minimum absolute atomic E-state index is 0.353. The molecule has 1 aromatic rings. The maximum absolute atomic E-state index is 12.8. The topological polar surface area (TPSA) is 61.8 Å². The van der Waals surface area contributed by atoms with Gasteiger partial charge in [-0.2, -0.15) is 13.2 Å². The molecule has 20 heavy (non-hydrogen) atoms. The van der Waals surface area contributed by atoms with E-state index < -0.39 is 17.9 Å². The highest BCUT2D eigenvalue weighted by molar-refractivity contribution is 5.83. The largest absolute Gasteiger partial charge is 0.409 e. The highest BCUT2D eigenvalue weighted by Gasteiger charge is 2.43. The first-order valence-corrected chi connectivity index (χ1v) is 6.02. The Hall–Kier alpha value is -1.76. The second-order valence-corrected chi connectivity index (χ2v) is 4.80. The van der Waals surface area contributed by atoms with E-state index in [1.54, 1.807) is 7.05 Å². The van der Waals surface area contributed by atoms with Crippen molar-refractivity contribution >= 4 is 5.84 Å². The number of halogens is 3. The van der Waals surface area contributed by atoms with Crippen molar-refractivity contribution in [3.05, 3.63) is 35.4 Å². The number of alkyl halides is 3. The van der Waals surface area contributed by atoms with E-state index in [-0.39, 0.29) is 6.54 Å². The minimum atomic E-state index is -4.54. The minimum Gasteiger partial charge on any atom is -0.409 e. The fraction of sp³-hybridized carbons (Fsp3) is 0.462. The Morgan fingerprint density at radius 2 is 1.90 bits per heavy atom. The van der Waals surface area contributed by atoms with Crippen LogP contribution in [0.1, 0.15) is 11.1 Å². The number of nitrogens with zero attached hydrogens (tertiary/aromatic N) is 2. The molecule has 0 radical (unpaired) electrons. The third kappa shape index (κ3) is 4.73. The van der Waals surface area contributed by atoms with Crippen molar-refractivity contribution in [1.29, 1.82) is 0 Å². The fourth-order valence-corrected chi connectivity index (χ4v) is 1.82. The van der Waals surface area contributed by atoms with Crippen molar-refractivity contribution in [3.8, 4) is 0 Å². The number of hydrogen-bond donors (Lipinski definition) is 2. The average molecular weight is 289 g/mol. The molecule has 0 heterocycles. The second kappa shape index (κ2) is 6.60. The van der Waals surface area contributed by atoms with Gasteiger partial charge in [0.2, 0.25) is 0 Å². The van der Waals surface area contributed by atoms with Gasteiger partial charge in [-0.3, -0.25) is 0 Å². The van der Waals surface area contributed by atoms with E-state index in [1.807, 2.05) is 31.2 Å². The van der Waals surface area contributed by atoms with Crippen LogP contribution in [0.2, 0.25) is 0 Å². The Bertz CT molecular complexity index is 457.